The molecule has 7 heteroatoms. The summed E-state index contributed by atoms with van der Waals surface area (Å²) >= 11 is 0. The van der Waals surface area contributed by atoms with Crippen molar-refractivity contribution in [2.45, 2.75) is 124 Å². The van der Waals surface area contributed by atoms with Gasteiger partial charge < -0.3 is 33.5 Å². The summed E-state index contributed by atoms with van der Waals surface area (Å²) in [7, 11) is 1.53. The molecule has 0 N–H and O–H groups in total. The molecule has 1 aromatic heterocycles. The standard InChI is InChI=1S/C40H57N2O4.HI/c1-5-7-8-9-10-11-12-13-14-15-16-17-18-23-30-46-35-27-28-36(33(3)31-35)39(43)42(32-34-24-21-22-29-41(34)6-2)40(44)37-25-19-20-26-38(37)45-4;/h19-22,24-29,31H,5-18,23,30,32H2,1-4H3;1H/q+1;/p-1. The Morgan fingerprint density at radius 2 is 1.28 bits per heavy atom. The Labute approximate surface area is 301 Å². The van der Waals surface area contributed by atoms with Crippen LogP contribution in [0.5, 0.6) is 11.5 Å². The quantitative estimate of drug-likeness (QED) is 0.0499. The SMILES string of the molecule is CCCCCCCCCCCCCCCCOc1ccc(C(=O)N(Cc2cccc[n+]2CC)C(=O)c2ccccc2OC)c(C)c1.[I-]. The Bertz CT molecular complexity index is 1350. The maximum absolute atomic E-state index is 14.0. The number of amides is 2. The third-order valence-electron chi connectivity index (χ3n) is 8.72. The average molecular weight is 757 g/mol. The number of aryl methyl sites for hydroxylation is 2. The normalized spacial score (nSPS) is 10.7. The zero-order valence-electron chi connectivity index (χ0n) is 29.3. The Balaban J connectivity index is 0.00000768. The van der Waals surface area contributed by atoms with Gasteiger partial charge in [0, 0.05) is 17.7 Å². The number of para-hydroxylation sites is 1. The van der Waals surface area contributed by atoms with E-state index in [1.807, 2.05) is 61.0 Å². The van der Waals surface area contributed by atoms with E-state index in [1.165, 1.54) is 95.5 Å². The predicted molar refractivity (Wildman–Crippen MR) is 186 cm³/mol. The number of hydrogen-bond donors (Lipinski definition) is 0. The van der Waals surface area contributed by atoms with Crippen LogP contribution < -0.4 is 38.0 Å². The molecule has 0 spiro atoms. The van der Waals surface area contributed by atoms with Crippen molar-refractivity contribution in [1.82, 2.24) is 4.90 Å². The van der Waals surface area contributed by atoms with Gasteiger partial charge in [0.25, 0.3) is 11.8 Å². The molecule has 0 aliphatic carbocycles. The summed E-state index contributed by atoms with van der Waals surface area (Å²) in [4.78, 5) is 29.2. The van der Waals surface area contributed by atoms with Crippen LogP contribution in [-0.2, 0) is 13.1 Å². The number of ether oxygens (including phenoxy) is 2. The molecule has 0 fully saturated rings. The second kappa shape index (κ2) is 23.4. The molecule has 3 aromatic rings. The van der Waals surface area contributed by atoms with E-state index in [1.54, 1.807) is 24.3 Å². The van der Waals surface area contributed by atoms with Crippen LogP contribution >= 0.6 is 0 Å². The number of hydrogen-bond acceptors (Lipinski definition) is 4. The van der Waals surface area contributed by atoms with Gasteiger partial charge in [-0.2, -0.15) is 0 Å². The highest BCUT2D eigenvalue weighted by molar-refractivity contribution is 6.11. The topological polar surface area (TPSA) is 59.7 Å². The van der Waals surface area contributed by atoms with Gasteiger partial charge in [-0.05, 0) is 56.2 Å². The summed E-state index contributed by atoms with van der Waals surface area (Å²) in [5.41, 5.74) is 2.47. The minimum absolute atomic E-state index is 0. The molecule has 0 atom stereocenters. The van der Waals surface area contributed by atoms with Gasteiger partial charge >= 0.3 is 0 Å². The summed E-state index contributed by atoms with van der Waals surface area (Å²) in [5.74, 6) is 0.439. The van der Waals surface area contributed by atoms with Crippen molar-refractivity contribution in [3.8, 4) is 11.5 Å². The molecule has 0 aliphatic heterocycles. The van der Waals surface area contributed by atoms with Gasteiger partial charge in [0.2, 0.25) is 5.69 Å². The molecule has 47 heavy (non-hydrogen) atoms. The van der Waals surface area contributed by atoms with Gasteiger partial charge in [0.15, 0.2) is 6.20 Å². The van der Waals surface area contributed by atoms with E-state index in [9.17, 15) is 9.59 Å². The fourth-order valence-electron chi connectivity index (χ4n) is 5.93. The number of unbranched alkanes of at least 4 members (excludes halogenated alkanes) is 13. The number of methoxy groups -OCH3 is 1. The van der Waals surface area contributed by atoms with Gasteiger partial charge in [-0.25, -0.2) is 4.57 Å². The second-order valence-electron chi connectivity index (χ2n) is 12.3. The summed E-state index contributed by atoms with van der Waals surface area (Å²) in [6.07, 6.45) is 20.5. The van der Waals surface area contributed by atoms with Gasteiger partial charge in [0.05, 0.1) is 19.3 Å². The number of rotatable bonds is 22. The average Bonchev–Trinajstić information content (AvgIpc) is 3.08. The first-order chi connectivity index (χ1) is 22.5. The highest BCUT2D eigenvalue weighted by Gasteiger charge is 2.30. The number of pyridine rings is 1. The van der Waals surface area contributed by atoms with Gasteiger partial charge in [-0.3, -0.25) is 14.5 Å². The van der Waals surface area contributed by atoms with Crippen molar-refractivity contribution in [2.24, 2.45) is 0 Å². The summed E-state index contributed by atoms with van der Waals surface area (Å²) in [6.45, 7) is 7.74. The number of aromatic nitrogens is 1. The summed E-state index contributed by atoms with van der Waals surface area (Å²) in [5, 5.41) is 0. The van der Waals surface area contributed by atoms with E-state index in [0.717, 1.165) is 30.0 Å². The van der Waals surface area contributed by atoms with Crippen molar-refractivity contribution >= 4 is 11.8 Å². The van der Waals surface area contributed by atoms with Crippen molar-refractivity contribution in [2.75, 3.05) is 13.7 Å². The minimum Gasteiger partial charge on any atom is -1.00 e. The number of halogens is 1. The molecule has 0 saturated heterocycles. The lowest BCUT2D eigenvalue weighted by atomic mass is 10.0. The molecule has 0 saturated carbocycles. The largest absolute Gasteiger partial charge is 1.00 e. The molecule has 0 aliphatic rings. The first-order valence-electron chi connectivity index (χ1n) is 17.7. The third kappa shape index (κ3) is 13.6. The first-order valence-corrected chi connectivity index (χ1v) is 17.7. The molecule has 2 amide bonds. The van der Waals surface area contributed by atoms with E-state index in [2.05, 4.69) is 6.92 Å². The molecular formula is C40H57IN2O4. The number of imide groups is 1. The molecule has 3 rings (SSSR count). The highest BCUT2D eigenvalue weighted by Crippen LogP contribution is 2.24. The van der Waals surface area contributed by atoms with Gasteiger partial charge in [-0.1, -0.05) is 109 Å². The number of carbonyl (C=O) groups excluding carboxylic acids is 2. The highest BCUT2D eigenvalue weighted by atomic mass is 127. The lowest BCUT2D eigenvalue weighted by molar-refractivity contribution is -0.701. The monoisotopic (exact) mass is 756 g/mol. The molecule has 0 unspecified atom stereocenters. The molecule has 0 radical (unpaired) electrons. The Morgan fingerprint density at radius 3 is 1.87 bits per heavy atom. The fourth-order valence-corrected chi connectivity index (χ4v) is 5.93. The van der Waals surface area contributed by atoms with E-state index >= 15 is 0 Å². The van der Waals surface area contributed by atoms with Crippen LogP contribution in [0.15, 0.2) is 66.9 Å². The van der Waals surface area contributed by atoms with Crippen molar-refractivity contribution in [1.29, 1.82) is 0 Å². The lowest BCUT2D eigenvalue weighted by Gasteiger charge is -2.22. The molecule has 6 nitrogen and oxygen atoms in total. The maximum Gasteiger partial charge on any atom is 0.265 e. The fraction of sp³-hybridized carbons (Fsp3) is 0.525. The molecule has 258 valence electrons. The molecule has 1 heterocycles. The van der Waals surface area contributed by atoms with Crippen LogP contribution in [-0.4, -0.2) is 30.4 Å². The molecule has 2 aromatic carbocycles. The Hall–Kier alpha value is -2.94. The van der Waals surface area contributed by atoms with Crippen LogP contribution in [0.4, 0.5) is 0 Å². The smallest absolute Gasteiger partial charge is 0.265 e. The predicted octanol–water partition coefficient (Wildman–Crippen LogP) is 6.66. The van der Waals surface area contributed by atoms with Crippen LogP contribution in [0.3, 0.4) is 0 Å². The zero-order chi connectivity index (χ0) is 33.0. The number of nitrogens with zero attached hydrogens (tertiary/aromatic N) is 2. The van der Waals surface area contributed by atoms with Crippen LogP contribution in [0, 0.1) is 6.92 Å². The number of carbonyl (C=O) groups is 2. The van der Waals surface area contributed by atoms with Gasteiger partial charge in [0.1, 0.15) is 24.6 Å². The van der Waals surface area contributed by atoms with Gasteiger partial charge in [-0.15, -0.1) is 0 Å². The summed E-state index contributed by atoms with van der Waals surface area (Å²) < 4.78 is 13.5. The minimum atomic E-state index is -0.397. The Morgan fingerprint density at radius 1 is 0.702 bits per heavy atom. The Kier molecular flexibility index (Phi) is 20.0. The number of benzene rings is 2. The second-order valence-corrected chi connectivity index (χ2v) is 12.3. The van der Waals surface area contributed by atoms with Crippen LogP contribution in [0.25, 0.3) is 0 Å². The van der Waals surface area contributed by atoms with Crippen LogP contribution in [0.2, 0.25) is 0 Å². The van der Waals surface area contributed by atoms with E-state index in [0.29, 0.717) is 23.5 Å². The van der Waals surface area contributed by atoms with Crippen molar-refractivity contribution in [3.63, 3.8) is 0 Å². The first kappa shape index (κ1) is 40.2. The van der Waals surface area contributed by atoms with E-state index < -0.39 is 5.91 Å². The van der Waals surface area contributed by atoms with E-state index in [-0.39, 0.29) is 36.4 Å². The zero-order valence-corrected chi connectivity index (χ0v) is 31.4. The van der Waals surface area contributed by atoms with E-state index in [4.69, 9.17) is 9.47 Å². The third-order valence-corrected chi connectivity index (χ3v) is 8.72. The van der Waals surface area contributed by atoms with Crippen LogP contribution in [0.1, 0.15) is 136 Å². The van der Waals surface area contributed by atoms with Crippen molar-refractivity contribution < 1.29 is 47.6 Å². The lowest BCUT2D eigenvalue weighted by Crippen LogP contribution is -3.00. The maximum atomic E-state index is 14.0. The molecule has 0 bridgehead atoms. The van der Waals surface area contributed by atoms with Crippen molar-refractivity contribution in [3.05, 3.63) is 89.2 Å². The summed E-state index contributed by atoms with van der Waals surface area (Å²) in [6, 6.07) is 18.4. The molecular weight excluding hydrogens is 699 g/mol.